The molecular weight excluding hydrogens is 272 g/mol. The molecule has 1 atom stereocenters. The van der Waals surface area contributed by atoms with Crippen molar-refractivity contribution in [1.29, 1.82) is 0 Å². The number of hydrogen-bond acceptors (Lipinski definition) is 3. The Morgan fingerprint density at radius 2 is 2.14 bits per heavy atom. The maximum absolute atomic E-state index is 12.4. The molecule has 2 heterocycles. The first-order valence-corrected chi connectivity index (χ1v) is 7.04. The molecule has 6 heteroatoms. The Morgan fingerprint density at radius 3 is 2.76 bits per heavy atom. The second-order valence-electron chi connectivity index (χ2n) is 6.04. The zero-order valence-electron chi connectivity index (χ0n) is 12.3. The van der Waals surface area contributed by atoms with E-state index in [1.54, 1.807) is 18.7 Å². The van der Waals surface area contributed by atoms with E-state index in [0.29, 0.717) is 13.1 Å². The van der Waals surface area contributed by atoms with Gasteiger partial charge in [-0.1, -0.05) is 0 Å². The van der Waals surface area contributed by atoms with Crippen molar-refractivity contribution in [2.45, 2.75) is 26.7 Å². The summed E-state index contributed by atoms with van der Waals surface area (Å²) < 4.78 is 0. The molecule has 1 saturated heterocycles. The zero-order valence-corrected chi connectivity index (χ0v) is 12.3. The minimum absolute atomic E-state index is 0.103. The van der Waals surface area contributed by atoms with Crippen LogP contribution in [0.1, 0.15) is 37.0 Å². The van der Waals surface area contributed by atoms with Crippen molar-refractivity contribution in [3.63, 3.8) is 0 Å². The summed E-state index contributed by atoms with van der Waals surface area (Å²) >= 11 is 0. The fourth-order valence-corrected chi connectivity index (χ4v) is 2.68. The summed E-state index contributed by atoms with van der Waals surface area (Å²) in [6, 6.07) is 1.32. The monoisotopic (exact) mass is 292 g/mol. The van der Waals surface area contributed by atoms with Crippen LogP contribution in [0.3, 0.4) is 0 Å². The summed E-state index contributed by atoms with van der Waals surface area (Å²) in [5, 5.41) is 9.32. The van der Waals surface area contributed by atoms with Gasteiger partial charge in [0.05, 0.1) is 5.41 Å². The van der Waals surface area contributed by atoms with Crippen molar-refractivity contribution in [1.82, 2.24) is 9.88 Å². The number of pyridine rings is 1. The highest BCUT2D eigenvalue weighted by Gasteiger charge is 2.40. The zero-order chi connectivity index (χ0) is 15.6. The lowest BCUT2D eigenvalue weighted by Crippen LogP contribution is -2.47. The molecule has 114 valence electrons. The van der Waals surface area contributed by atoms with Gasteiger partial charge in [-0.2, -0.15) is 0 Å². The van der Waals surface area contributed by atoms with Crippen LogP contribution in [-0.4, -0.2) is 40.0 Å². The highest BCUT2D eigenvalue weighted by molar-refractivity contribution is 5.93. The molecule has 1 fully saturated rings. The Hall–Kier alpha value is -2.11. The average Bonchev–Trinajstić information content (AvgIpc) is 2.47. The van der Waals surface area contributed by atoms with Crippen LogP contribution in [0, 0.1) is 11.3 Å². The second-order valence-corrected chi connectivity index (χ2v) is 6.04. The Morgan fingerprint density at radius 1 is 1.43 bits per heavy atom. The number of piperidine rings is 1. The number of carbonyl (C=O) groups is 2. The van der Waals surface area contributed by atoms with Crippen molar-refractivity contribution >= 4 is 11.9 Å². The van der Waals surface area contributed by atoms with Gasteiger partial charge >= 0.3 is 5.97 Å². The third-order valence-corrected chi connectivity index (χ3v) is 4.33. The van der Waals surface area contributed by atoms with Crippen molar-refractivity contribution in [3.05, 3.63) is 34.2 Å². The van der Waals surface area contributed by atoms with Gasteiger partial charge < -0.3 is 15.0 Å². The lowest BCUT2D eigenvalue weighted by molar-refractivity contribution is -0.151. The van der Waals surface area contributed by atoms with Crippen LogP contribution in [0.15, 0.2) is 23.3 Å². The van der Waals surface area contributed by atoms with E-state index in [-0.39, 0.29) is 22.8 Å². The highest BCUT2D eigenvalue weighted by Crippen LogP contribution is 2.34. The van der Waals surface area contributed by atoms with E-state index in [0.717, 1.165) is 12.8 Å². The lowest BCUT2D eigenvalue weighted by Gasteiger charge is -2.39. The SMILES string of the molecule is CC(C)(C(=O)O)C1CCCN(C(=O)c2c[nH]ccc2=O)C1. The van der Waals surface area contributed by atoms with E-state index in [1.165, 1.54) is 18.5 Å². The minimum atomic E-state index is -0.887. The third kappa shape index (κ3) is 2.99. The van der Waals surface area contributed by atoms with Crippen molar-refractivity contribution in [2.75, 3.05) is 13.1 Å². The summed E-state index contributed by atoms with van der Waals surface area (Å²) in [7, 11) is 0. The average molecular weight is 292 g/mol. The Labute approximate surface area is 122 Å². The molecule has 1 amide bonds. The summed E-state index contributed by atoms with van der Waals surface area (Å²) in [5.41, 5.74) is -1.10. The second kappa shape index (κ2) is 5.71. The van der Waals surface area contributed by atoms with Crippen LogP contribution in [-0.2, 0) is 4.79 Å². The molecule has 1 aliphatic rings. The Bertz CT molecular complexity index is 606. The van der Waals surface area contributed by atoms with Gasteiger partial charge in [-0.15, -0.1) is 0 Å². The molecule has 0 aromatic carbocycles. The normalized spacial score (nSPS) is 19.3. The standard InChI is InChI=1S/C15H20N2O4/c1-15(2,14(20)21)10-4-3-7-17(9-10)13(19)11-8-16-6-5-12(11)18/h5-6,8,10H,3-4,7,9H2,1-2H3,(H,16,18)(H,20,21). The first-order valence-electron chi connectivity index (χ1n) is 7.04. The summed E-state index contributed by atoms with van der Waals surface area (Å²) in [6.45, 7) is 4.29. The van der Waals surface area contributed by atoms with Crippen LogP contribution in [0.5, 0.6) is 0 Å². The first kappa shape index (κ1) is 15.3. The van der Waals surface area contributed by atoms with Crippen molar-refractivity contribution in [3.8, 4) is 0 Å². The Balaban J connectivity index is 2.19. The van der Waals surface area contributed by atoms with Gasteiger partial charge in [-0.05, 0) is 32.6 Å². The molecule has 0 saturated carbocycles. The predicted octanol–water partition coefficient (Wildman–Crippen LogP) is 1.34. The Kier molecular flexibility index (Phi) is 4.16. The predicted molar refractivity (Wildman–Crippen MR) is 77.1 cm³/mol. The molecule has 1 unspecified atom stereocenters. The summed E-state index contributed by atoms with van der Waals surface area (Å²) in [4.78, 5) is 39.8. The van der Waals surface area contributed by atoms with E-state index in [9.17, 15) is 19.5 Å². The van der Waals surface area contributed by atoms with Crippen LogP contribution in [0.4, 0.5) is 0 Å². The van der Waals surface area contributed by atoms with Gasteiger partial charge in [0.25, 0.3) is 5.91 Å². The molecule has 1 aromatic heterocycles. The van der Waals surface area contributed by atoms with E-state index >= 15 is 0 Å². The number of H-pyrrole nitrogens is 1. The fourth-order valence-electron chi connectivity index (χ4n) is 2.68. The van der Waals surface area contributed by atoms with Gasteiger partial charge in [0.2, 0.25) is 0 Å². The number of rotatable bonds is 3. The smallest absolute Gasteiger partial charge is 0.309 e. The van der Waals surface area contributed by atoms with Gasteiger partial charge in [0.1, 0.15) is 5.56 Å². The maximum atomic E-state index is 12.4. The maximum Gasteiger partial charge on any atom is 0.309 e. The summed E-state index contributed by atoms with van der Waals surface area (Å²) in [6.07, 6.45) is 4.40. The number of carboxylic acids is 1. The van der Waals surface area contributed by atoms with Crippen molar-refractivity contribution < 1.29 is 14.7 Å². The number of aromatic nitrogens is 1. The molecule has 0 spiro atoms. The number of aliphatic carboxylic acids is 1. The number of nitrogens with zero attached hydrogens (tertiary/aromatic N) is 1. The molecule has 0 radical (unpaired) electrons. The third-order valence-electron chi connectivity index (χ3n) is 4.33. The van der Waals surface area contributed by atoms with E-state index in [4.69, 9.17) is 0 Å². The number of carboxylic acid groups (broad SMARTS) is 1. The number of carbonyl (C=O) groups excluding carboxylic acids is 1. The van der Waals surface area contributed by atoms with E-state index in [2.05, 4.69) is 4.98 Å². The molecule has 1 aliphatic heterocycles. The lowest BCUT2D eigenvalue weighted by atomic mass is 9.74. The van der Waals surface area contributed by atoms with Gasteiger partial charge in [-0.3, -0.25) is 14.4 Å². The van der Waals surface area contributed by atoms with Crippen LogP contribution < -0.4 is 5.43 Å². The molecule has 0 aliphatic carbocycles. The number of nitrogens with one attached hydrogen (secondary N) is 1. The van der Waals surface area contributed by atoms with Gasteiger partial charge in [-0.25, -0.2) is 0 Å². The minimum Gasteiger partial charge on any atom is -0.481 e. The number of likely N-dealkylation sites (tertiary alicyclic amines) is 1. The van der Waals surface area contributed by atoms with Crippen LogP contribution in [0.25, 0.3) is 0 Å². The van der Waals surface area contributed by atoms with Crippen LogP contribution >= 0.6 is 0 Å². The van der Waals surface area contributed by atoms with Crippen LogP contribution in [0.2, 0.25) is 0 Å². The fraction of sp³-hybridized carbons (Fsp3) is 0.533. The largest absolute Gasteiger partial charge is 0.481 e. The highest BCUT2D eigenvalue weighted by atomic mass is 16.4. The van der Waals surface area contributed by atoms with Gasteiger partial charge in [0, 0.05) is 31.5 Å². The van der Waals surface area contributed by atoms with Gasteiger partial charge in [0.15, 0.2) is 5.43 Å². The quantitative estimate of drug-likeness (QED) is 0.879. The first-order chi connectivity index (χ1) is 9.84. The van der Waals surface area contributed by atoms with Crippen molar-refractivity contribution in [2.24, 2.45) is 11.3 Å². The molecule has 6 nitrogen and oxygen atoms in total. The molecule has 21 heavy (non-hydrogen) atoms. The number of amides is 1. The van der Waals surface area contributed by atoms with E-state index in [1.807, 2.05) is 0 Å². The molecule has 2 rings (SSSR count). The van der Waals surface area contributed by atoms with E-state index < -0.39 is 11.4 Å². The summed E-state index contributed by atoms with van der Waals surface area (Å²) in [5.74, 6) is -1.31. The topological polar surface area (TPSA) is 90.5 Å². The molecule has 0 bridgehead atoms. The number of hydrogen-bond donors (Lipinski definition) is 2. The molecular formula is C15H20N2O4. The number of aromatic amines is 1. The molecule has 1 aromatic rings. The molecule has 2 N–H and O–H groups in total.